The second kappa shape index (κ2) is 6.32. The Hall–Kier alpha value is -1.47. The van der Waals surface area contributed by atoms with E-state index in [1.165, 1.54) is 18.2 Å². The molecule has 1 N–H and O–H groups in total. The number of hydrogen-bond acceptors (Lipinski definition) is 3. The number of benzene rings is 1. The van der Waals surface area contributed by atoms with Gasteiger partial charge in [0, 0.05) is 31.7 Å². The first kappa shape index (κ1) is 14.9. The molecule has 0 aliphatic carbocycles. The Morgan fingerprint density at radius 2 is 1.90 bits per heavy atom. The van der Waals surface area contributed by atoms with Gasteiger partial charge in [0.15, 0.2) is 0 Å². The van der Waals surface area contributed by atoms with Gasteiger partial charge in [-0.1, -0.05) is 0 Å². The number of amides is 1. The summed E-state index contributed by atoms with van der Waals surface area (Å²) < 4.78 is 13.4. The fraction of sp³-hybridized carbons (Fsp3) is 0.385. The van der Waals surface area contributed by atoms with Crippen molar-refractivity contribution in [2.24, 2.45) is 0 Å². The zero-order valence-electron chi connectivity index (χ0n) is 10.7. The molecule has 0 unspecified atom stereocenters. The van der Waals surface area contributed by atoms with E-state index in [9.17, 15) is 14.0 Å². The molecule has 0 aromatic heterocycles. The summed E-state index contributed by atoms with van der Waals surface area (Å²) >= 11 is 3.06. The summed E-state index contributed by atoms with van der Waals surface area (Å²) in [7, 11) is 0. The average Bonchev–Trinajstić information content (AvgIpc) is 2.41. The molecular formula is C13H14BrFN2O3. The molecule has 1 saturated heterocycles. The van der Waals surface area contributed by atoms with Crippen LogP contribution in [0.2, 0.25) is 0 Å². The molecule has 1 aliphatic rings. The molecule has 20 heavy (non-hydrogen) atoms. The number of halogens is 2. The standard InChI is InChI=1S/C13H14BrFN2O3/c14-10-7-9(1-2-11(10)15)13(20)17-5-3-16(4-6-17)8-12(18)19/h1-2,7H,3-6,8H2,(H,18,19). The smallest absolute Gasteiger partial charge is 0.317 e. The minimum atomic E-state index is -0.868. The van der Waals surface area contributed by atoms with Gasteiger partial charge < -0.3 is 10.0 Å². The van der Waals surface area contributed by atoms with Crippen molar-refractivity contribution in [1.29, 1.82) is 0 Å². The maximum Gasteiger partial charge on any atom is 0.317 e. The molecule has 2 rings (SSSR count). The van der Waals surface area contributed by atoms with Gasteiger partial charge in [-0.05, 0) is 34.1 Å². The average molecular weight is 345 g/mol. The third-order valence-electron chi connectivity index (χ3n) is 3.18. The van der Waals surface area contributed by atoms with E-state index in [1.807, 2.05) is 0 Å². The van der Waals surface area contributed by atoms with Crippen molar-refractivity contribution in [3.63, 3.8) is 0 Å². The third kappa shape index (κ3) is 3.55. The number of hydrogen-bond donors (Lipinski definition) is 1. The summed E-state index contributed by atoms with van der Waals surface area (Å²) in [5.74, 6) is -1.44. The lowest BCUT2D eigenvalue weighted by Crippen LogP contribution is -2.49. The SMILES string of the molecule is O=C(O)CN1CCN(C(=O)c2ccc(F)c(Br)c2)CC1. The molecule has 1 amide bonds. The zero-order chi connectivity index (χ0) is 14.7. The minimum Gasteiger partial charge on any atom is -0.480 e. The lowest BCUT2D eigenvalue weighted by Gasteiger charge is -2.33. The number of piperazine rings is 1. The molecule has 1 aromatic carbocycles. The third-order valence-corrected chi connectivity index (χ3v) is 3.79. The van der Waals surface area contributed by atoms with Crippen LogP contribution in [-0.2, 0) is 4.79 Å². The number of carbonyl (C=O) groups excluding carboxylic acids is 1. The van der Waals surface area contributed by atoms with Crippen LogP contribution in [0.25, 0.3) is 0 Å². The van der Waals surface area contributed by atoms with Crippen molar-refractivity contribution in [2.45, 2.75) is 0 Å². The van der Waals surface area contributed by atoms with Crippen LogP contribution in [0.4, 0.5) is 4.39 Å². The Balaban J connectivity index is 1.97. The van der Waals surface area contributed by atoms with Crippen molar-refractivity contribution in [3.8, 4) is 0 Å². The van der Waals surface area contributed by atoms with Crippen molar-refractivity contribution in [2.75, 3.05) is 32.7 Å². The number of nitrogens with zero attached hydrogens (tertiary/aromatic N) is 2. The van der Waals surface area contributed by atoms with Crippen LogP contribution >= 0.6 is 15.9 Å². The van der Waals surface area contributed by atoms with Crippen LogP contribution in [0.1, 0.15) is 10.4 Å². The predicted octanol–water partition coefficient (Wildman–Crippen LogP) is 1.43. The number of carbonyl (C=O) groups is 2. The molecule has 1 fully saturated rings. The molecule has 1 aliphatic heterocycles. The topological polar surface area (TPSA) is 60.9 Å². The van der Waals surface area contributed by atoms with E-state index in [1.54, 1.807) is 9.80 Å². The van der Waals surface area contributed by atoms with Gasteiger partial charge in [0.25, 0.3) is 5.91 Å². The Kier molecular flexibility index (Phi) is 4.72. The highest BCUT2D eigenvalue weighted by atomic mass is 79.9. The van der Waals surface area contributed by atoms with E-state index in [0.717, 1.165) is 0 Å². The lowest BCUT2D eigenvalue weighted by molar-refractivity contribution is -0.138. The van der Waals surface area contributed by atoms with Gasteiger partial charge in [0.05, 0.1) is 11.0 Å². The lowest BCUT2D eigenvalue weighted by atomic mass is 10.2. The number of carboxylic acid groups (broad SMARTS) is 1. The number of carboxylic acids is 1. The maximum atomic E-state index is 13.1. The second-order valence-electron chi connectivity index (χ2n) is 4.59. The molecule has 7 heteroatoms. The van der Waals surface area contributed by atoms with Gasteiger partial charge >= 0.3 is 5.97 Å². The number of aliphatic carboxylic acids is 1. The van der Waals surface area contributed by atoms with Gasteiger partial charge in [-0.2, -0.15) is 0 Å². The Bertz CT molecular complexity index is 530. The molecule has 0 spiro atoms. The molecule has 1 heterocycles. The van der Waals surface area contributed by atoms with Gasteiger partial charge in [0.1, 0.15) is 5.82 Å². The molecule has 108 valence electrons. The molecule has 0 bridgehead atoms. The fourth-order valence-corrected chi connectivity index (χ4v) is 2.49. The van der Waals surface area contributed by atoms with Crippen LogP contribution < -0.4 is 0 Å². The highest BCUT2D eigenvalue weighted by Gasteiger charge is 2.23. The van der Waals surface area contributed by atoms with E-state index in [0.29, 0.717) is 31.7 Å². The monoisotopic (exact) mass is 344 g/mol. The summed E-state index contributed by atoms with van der Waals surface area (Å²) in [6.45, 7) is 1.99. The predicted molar refractivity (Wildman–Crippen MR) is 74.1 cm³/mol. The largest absolute Gasteiger partial charge is 0.480 e. The van der Waals surface area contributed by atoms with Crippen LogP contribution in [0.5, 0.6) is 0 Å². The summed E-state index contributed by atoms with van der Waals surface area (Å²) in [5, 5.41) is 8.71. The fourth-order valence-electron chi connectivity index (χ4n) is 2.11. The quantitative estimate of drug-likeness (QED) is 0.901. The first-order valence-electron chi connectivity index (χ1n) is 6.16. The van der Waals surface area contributed by atoms with Gasteiger partial charge in [-0.15, -0.1) is 0 Å². The molecular weight excluding hydrogens is 331 g/mol. The van der Waals surface area contributed by atoms with E-state index >= 15 is 0 Å². The van der Waals surface area contributed by atoms with Crippen molar-refractivity contribution < 1.29 is 19.1 Å². The maximum absolute atomic E-state index is 13.1. The first-order valence-corrected chi connectivity index (χ1v) is 6.95. The second-order valence-corrected chi connectivity index (χ2v) is 5.45. The van der Waals surface area contributed by atoms with Crippen molar-refractivity contribution >= 4 is 27.8 Å². The van der Waals surface area contributed by atoms with E-state index in [-0.39, 0.29) is 16.9 Å². The van der Waals surface area contributed by atoms with E-state index < -0.39 is 11.8 Å². The van der Waals surface area contributed by atoms with Crippen molar-refractivity contribution in [1.82, 2.24) is 9.80 Å². The van der Waals surface area contributed by atoms with Gasteiger partial charge in [0.2, 0.25) is 0 Å². The van der Waals surface area contributed by atoms with Gasteiger partial charge in [-0.25, -0.2) is 4.39 Å². The Morgan fingerprint density at radius 1 is 1.25 bits per heavy atom. The van der Waals surface area contributed by atoms with Crippen LogP contribution in [0.3, 0.4) is 0 Å². The summed E-state index contributed by atoms with van der Waals surface area (Å²) in [6, 6.07) is 4.16. The van der Waals surface area contributed by atoms with E-state index in [4.69, 9.17) is 5.11 Å². The summed E-state index contributed by atoms with van der Waals surface area (Å²) in [6.07, 6.45) is 0. The molecule has 5 nitrogen and oxygen atoms in total. The molecule has 1 aromatic rings. The highest BCUT2D eigenvalue weighted by molar-refractivity contribution is 9.10. The molecule has 0 saturated carbocycles. The van der Waals surface area contributed by atoms with Crippen LogP contribution in [0, 0.1) is 5.82 Å². The zero-order valence-corrected chi connectivity index (χ0v) is 12.3. The minimum absolute atomic E-state index is 0.00979. The van der Waals surface area contributed by atoms with Gasteiger partial charge in [-0.3, -0.25) is 14.5 Å². The summed E-state index contributed by atoms with van der Waals surface area (Å²) in [5.41, 5.74) is 0.421. The number of rotatable bonds is 3. The Morgan fingerprint density at radius 3 is 2.45 bits per heavy atom. The molecule has 0 radical (unpaired) electrons. The van der Waals surface area contributed by atoms with Crippen LogP contribution in [0.15, 0.2) is 22.7 Å². The summed E-state index contributed by atoms with van der Waals surface area (Å²) in [4.78, 5) is 26.3. The van der Waals surface area contributed by atoms with E-state index in [2.05, 4.69) is 15.9 Å². The normalized spacial score (nSPS) is 16.2. The van der Waals surface area contributed by atoms with Crippen molar-refractivity contribution in [3.05, 3.63) is 34.1 Å². The van der Waals surface area contributed by atoms with Crippen LogP contribution in [-0.4, -0.2) is 59.5 Å². The molecule has 0 atom stereocenters. The first-order chi connectivity index (χ1) is 9.47. The highest BCUT2D eigenvalue weighted by Crippen LogP contribution is 2.18. The Labute approximate surface area is 124 Å².